The zero-order chi connectivity index (χ0) is 28.5. The second-order valence-electron chi connectivity index (χ2n) is 10.7. The smallest absolute Gasteiger partial charge is 0.166 e. The minimum atomic E-state index is -0.823. The van der Waals surface area contributed by atoms with Gasteiger partial charge in [-0.25, -0.2) is 13.2 Å². The number of allylic oxidation sites excluding steroid dienone is 2. The summed E-state index contributed by atoms with van der Waals surface area (Å²) in [7, 11) is 0. The lowest BCUT2D eigenvalue weighted by molar-refractivity contribution is 0.166. The first-order valence-corrected chi connectivity index (χ1v) is 14.4. The van der Waals surface area contributed by atoms with E-state index in [1.165, 1.54) is 6.07 Å². The van der Waals surface area contributed by atoms with E-state index in [9.17, 15) is 9.50 Å². The summed E-state index contributed by atoms with van der Waals surface area (Å²) in [5.41, 5.74) is 2.81. The second kappa shape index (κ2) is 14.4. The quantitative estimate of drug-likeness (QED) is 0.180. The average molecular weight is 549 g/mol. The van der Waals surface area contributed by atoms with Gasteiger partial charge in [0.05, 0.1) is 12.7 Å². The Kier molecular flexibility index (Phi) is 10.7. The van der Waals surface area contributed by atoms with Crippen LogP contribution in [0.5, 0.6) is 5.75 Å². The third-order valence-electron chi connectivity index (χ3n) is 7.82. The largest absolute Gasteiger partial charge is 0.491 e. The molecule has 0 radical (unpaired) electrons. The molecule has 1 unspecified atom stereocenters. The number of hydrogen-bond acceptors (Lipinski definition) is 2. The summed E-state index contributed by atoms with van der Waals surface area (Å²) in [5, 5.41) is 10.2. The van der Waals surface area contributed by atoms with Gasteiger partial charge in [0.25, 0.3) is 0 Å². The van der Waals surface area contributed by atoms with E-state index < -0.39 is 17.7 Å². The molecule has 212 valence electrons. The summed E-state index contributed by atoms with van der Waals surface area (Å²) in [5.74, 6) is -1.44. The number of unbranched alkanes of at least 4 members (excludes halogenated alkanes) is 1. The van der Waals surface area contributed by atoms with Gasteiger partial charge in [-0.2, -0.15) is 0 Å². The van der Waals surface area contributed by atoms with E-state index in [-0.39, 0.29) is 23.0 Å². The topological polar surface area (TPSA) is 29.5 Å². The van der Waals surface area contributed by atoms with Crippen LogP contribution >= 0.6 is 0 Å². The van der Waals surface area contributed by atoms with E-state index in [1.54, 1.807) is 42.5 Å². The molecule has 0 saturated heterocycles. The molecule has 3 aromatic rings. The minimum absolute atomic E-state index is 0.0327. The fourth-order valence-electron chi connectivity index (χ4n) is 5.45. The number of hydrogen-bond donors (Lipinski definition) is 1. The van der Waals surface area contributed by atoms with Crippen molar-refractivity contribution in [2.45, 2.75) is 70.3 Å². The van der Waals surface area contributed by atoms with Gasteiger partial charge < -0.3 is 9.84 Å². The number of benzene rings is 3. The van der Waals surface area contributed by atoms with Crippen LogP contribution in [0.25, 0.3) is 17.2 Å². The van der Waals surface area contributed by atoms with Crippen molar-refractivity contribution in [3.63, 3.8) is 0 Å². The molecule has 5 heteroatoms. The molecule has 1 saturated carbocycles. The molecule has 1 fully saturated rings. The highest BCUT2D eigenvalue weighted by atomic mass is 19.2. The van der Waals surface area contributed by atoms with Gasteiger partial charge in [-0.15, -0.1) is 6.58 Å². The Hall–Kier alpha value is -3.31. The fraction of sp³-hybridized carbons (Fsp3) is 0.371. The van der Waals surface area contributed by atoms with Crippen LogP contribution in [0.4, 0.5) is 13.2 Å². The number of aliphatic hydroxyl groups excluding tert-OH is 1. The molecule has 0 heterocycles. The average Bonchev–Trinajstić information content (AvgIpc) is 2.97. The molecule has 3 aromatic carbocycles. The van der Waals surface area contributed by atoms with Crippen molar-refractivity contribution in [3.05, 3.63) is 107 Å². The van der Waals surface area contributed by atoms with Gasteiger partial charge in [0, 0.05) is 5.56 Å². The Balaban J connectivity index is 1.34. The van der Waals surface area contributed by atoms with Crippen LogP contribution in [-0.4, -0.2) is 11.7 Å². The van der Waals surface area contributed by atoms with Crippen molar-refractivity contribution in [1.29, 1.82) is 0 Å². The van der Waals surface area contributed by atoms with Gasteiger partial charge >= 0.3 is 0 Å². The summed E-state index contributed by atoms with van der Waals surface area (Å²) in [4.78, 5) is 0. The summed E-state index contributed by atoms with van der Waals surface area (Å²) >= 11 is 0. The van der Waals surface area contributed by atoms with Crippen molar-refractivity contribution in [2.75, 3.05) is 6.61 Å². The molecule has 1 aliphatic rings. The molecular formula is C35H39F3O2. The molecule has 1 N–H and O–H groups in total. The molecule has 0 aliphatic heterocycles. The Labute approximate surface area is 236 Å². The monoisotopic (exact) mass is 548 g/mol. The highest BCUT2D eigenvalue weighted by molar-refractivity contribution is 5.65. The highest BCUT2D eigenvalue weighted by Gasteiger charge is 2.26. The van der Waals surface area contributed by atoms with Crippen molar-refractivity contribution >= 4 is 6.08 Å². The highest BCUT2D eigenvalue weighted by Crippen LogP contribution is 2.39. The van der Waals surface area contributed by atoms with Gasteiger partial charge in [-0.1, -0.05) is 74.0 Å². The van der Waals surface area contributed by atoms with Crippen LogP contribution in [0.3, 0.4) is 0 Å². The molecule has 1 atom stereocenters. The van der Waals surface area contributed by atoms with E-state index in [4.69, 9.17) is 4.74 Å². The van der Waals surface area contributed by atoms with Gasteiger partial charge in [-0.3, -0.25) is 0 Å². The molecule has 0 aromatic heterocycles. The molecule has 1 aliphatic carbocycles. The second-order valence-corrected chi connectivity index (χ2v) is 10.7. The van der Waals surface area contributed by atoms with Gasteiger partial charge in [0.2, 0.25) is 0 Å². The number of aliphatic hydroxyl groups is 1. The molecular weight excluding hydrogens is 509 g/mol. The maximum Gasteiger partial charge on any atom is 0.166 e. The maximum atomic E-state index is 15.2. The van der Waals surface area contributed by atoms with E-state index in [2.05, 4.69) is 12.7 Å². The number of rotatable bonds is 12. The minimum Gasteiger partial charge on any atom is -0.491 e. The van der Waals surface area contributed by atoms with Crippen molar-refractivity contribution in [1.82, 2.24) is 0 Å². The molecule has 0 spiro atoms. The molecule has 0 bridgehead atoms. The zero-order valence-electron chi connectivity index (χ0n) is 23.2. The first-order chi connectivity index (χ1) is 19.4. The van der Waals surface area contributed by atoms with Crippen molar-refractivity contribution in [3.8, 4) is 16.9 Å². The Bertz CT molecular complexity index is 1290. The van der Waals surface area contributed by atoms with Crippen LogP contribution in [0.2, 0.25) is 0 Å². The van der Waals surface area contributed by atoms with Crippen molar-refractivity contribution < 1.29 is 23.0 Å². The van der Waals surface area contributed by atoms with E-state index in [0.717, 1.165) is 56.1 Å². The molecule has 2 nitrogen and oxygen atoms in total. The van der Waals surface area contributed by atoms with Crippen molar-refractivity contribution in [2.24, 2.45) is 5.92 Å². The zero-order valence-corrected chi connectivity index (χ0v) is 23.2. The Morgan fingerprint density at radius 2 is 1.73 bits per heavy atom. The summed E-state index contributed by atoms with van der Waals surface area (Å²) in [6.45, 7) is 6.13. The van der Waals surface area contributed by atoms with Gasteiger partial charge in [0.1, 0.15) is 0 Å². The number of halogens is 3. The Morgan fingerprint density at radius 3 is 2.40 bits per heavy atom. The summed E-state index contributed by atoms with van der Waals surface area (Å²) in [6, 6.07) is 15.4. The fourth-order valence-corrected chi connectivity index (χ4v) is 5.45. The normalized spacial score (nSPS) is 18.1. The third kappa shape index (κ3) is 7.45. The lowest BCUT2D eigenvalue weighted by Gasteiger charge is -2.27. The summed E-state index contributed by atoms with van der Waals surface area (Å²) < 4.78 is 50.3. The first kappa shape index (κ1) is 29.7. The number of ether oxygens (including phenoxy) is 1. The predicted molar refractivity (Wildman–Crippen MR) is 157 cm³/mol. The van der Waals surface area contributed by atoms with E-state index in [0.29, 0.717) is 30.1 Å². The maximum absolute atomic E-state index is 15.2. The molecule has 4 rings (SSSR count). The SMILES string of the molecule is C=CCCCOc1ccc(/C=C/C2CCC(c3ccc(-c4ccc(C(O)CCC)cc4)c(F)c3F)CC2)cc1F. The lowest BCUT2D eigenvalue weighted by Crippen LogP contribution is -2.13. The van der Waals surface area contributed by atoms with E-state index in [1.807, 2.05) is 25.1 Å². The molecule has 40 heavy (non-hydrogen) atoms. The standard InChI is InChI=1S/C35H39F3O2/c1-3-5-6-22-40-33-21-12-25(23-31(33)36)9-8-24-10-13-26(14-11-24)29-19-20-30(35(38)34(29)37)27-15-17-28(18-16-27)32(39)7-4-2/h3,8-9,12,15-21,23-24,26,32,39H,1,4-7,10-11,13-14,22H2,2H3/b9-8+. The Morgan fingerprint density at radius 1 is 0.975 bits per heavy atom. The van der Waals surface area contributed by atoms with E-state index >= 15 is 8.78 Å². The van der Waals surface area contributed by atoms with Gasteiger partial charge in [-0.05, 0) is 91.2 Å². The van der Waals surface area contributed by atoms with Crippen LogP contribution in [0.15, 0.2) is 73.3 Å². The summed E-state index contributed by atoms with van der Waals surface area (Å²) in [6.07, 6.45) is 11.7. The third-order valence-corrected chi connectivity index (χ3v) is 7.82. The first-order valence-electron chi connectivity index (χ1n) is 14.4. The van der Waals surface area contributed by atoms with Crippen LogP contribution < -0.4 is 4.74 Å². The van der Waals surface area contributed by atoms with Crippen LogP contribution in [-0.2, 0) is 0 Å². The van der Waals surface area contributed by atoms with Crippen LogP contribution in [0, 0.1) is 23.4 Å². The predicted octanol–water partition coefficient (Wildman–Crippen LogP) is 9.94. The lowest BCUT2D eigenvalue weighted by atomic mass is 9.78. The molecule has 0 amide bonds. The van der Waals surface area contributed by atoms with Gasteiger partial charge in [0.15, 0.2) is 23.2 Å². The van der Waals surface area contributed by atoms with Crippen LogP contribution in [0.1, 0.15) is 87.0 Å².